The van der Waals surface area contributed by atoms with Crippen molar-refractivity contribution in [3.05, 3.63) is 51.4 Å². The Kier molecular flexibility index (Phi) is 4.38. The van der Waals surface area contributed by atoms with Crippen molar-refractivity contribution in [3.8, 4) is 0 Å². The molecule has 0 aliphatic heterocycles. The van der Waals surface area contributed by atoms with Crippen LogP contribution in [-0.2, 0) is 16.6 Å². The van der Waals surface area contributed by atoms with E-state index in [4.69, 9.17) is 5.73 Å². The van der Waals surface area contributed by atoms with Crippen LogP contribution in [0.4, 0.5) is 11.4 Å². The molecule has 0 amide bonds. The van der Waals surface area contributed by atoms with Crippen LogP contribution in [0.15, 0.2) is 50.7 Å². The Morgan fingerprint density at radius 1 is 1.29 bits per heavy atom. The van der Waals surface area contributed by atoms with E-state index in [-0.39, 0.29) is 10.5 Å². The lowest BCUT2D eigenvalue weighted by molar-refractivity contribution is 0.600. The molecule has 0 spiro atoms. The molecule has 0 atom stereocenters. The number of benzene rings is 1. The van der Waals surface area contributed by atoms with Crippen molar-refractivity contribution in [2.45, 2.75) is 18.4 Å². The monoisotopic (exact) mass is 371 g/mol. The molecule has 112 valence electrons. The number of halogens is 1. The third-order valence-corrected chi connectivity index (χ3v) is 5.18. The van der Waals surface area contributed by atoms with Gasteiger partial charge in [0.2, 0.25) is 0 Å². The van der Waals surface area contributed by atoms with Gasteiger partial charge in [-0.2, -0.15) is 0 Å². The first-order valence-corrected chi connectivity index (χ1v) is 8.39. The third-order valence-electron chi connectivity index (χ3n) is 2.82. The number of anilines is 2. The minimum absolute atomic E-state index is 0.0750. The van der Waals surface area contributed by atoms with Gasteiger partial charge in [-0.05, 0) is 47.1 Å². The number of nitrogen functional groups attached to an aromatic ring is 1. The van der Waals surface area contributed by atoms with Crippen LogP contribution in [0.3, 0.4) is 0 Å². The number of nitrogens with zero attached hydrogens (tertiary/aromatic N) is 1. The summed E-state index contributed by atoms with van der Waals surface area (Å²) in [4.78, 5) is 11.6. The van der Waals surface area contributed by atoms with E-state index in [1.807, 2.05) is 0 Å². The number of pyridine rings is 1. The van der Waals surface area contributed by atoms with Crippen LogP contribution < -0.4 is 16.0 Å². The van der Waals surface area contributed by atoms with E-state index >= 15 is 0 Å². The normalized spacial score (nSPS) is 11.3. The molecule has 21 heavy (non-hydrogen) atoms. The van der Waals surface area contributed by atoms with Crippen LogP contribution in [0.2, 0.25) is 0 Å². The van der Waals surface area contributed by atoms with E-state index in [0.29, 0.717) is 22.4 Å². The first-order chi connectivity index (χ1) is 9.83. The molecule has 1 aromatic heterocycles. The maximum absolute atomic E-state index is 12.3. The first kappa shape index (κ1) is 15.6. The van der Waals surface area contributed by atoms with E-state index in [1.165, 1.54) is 41.1 Å². The van der Waals surface area contributed by atoms with Crippen LogP contribution in [0.25, 0.3) is 0 Å². The highest BCUT2D eigenvalue weighted by molar-refractivity contribution is 9.10. The molecule has 1 aromatic carbocycles. The summed E-state index contributed by atoms with van der Waals surface area (Å²) < 4.78 is 28.9. The molecular formula is C13H14BrN3O3S. The summed E-state index contributed by atoms with van der Waals surface area (Å²) in [7, 11) is -3.77. The van der Waals surface area contributed by atoms with E-state index in [9.17, 15) is 13.2 Å². The Morgan fingerprint density at radius 3 is 2.62 bits per heavy atom. The van der Waals surface area contributed by atoms with E-state index < -0.39 is 10.0 Å². The lowest BCUT2D eigenvalue weighted by Crippen LogP contribution is -2.20. The quantitative estimate of drug-likeness (QED) is 0.803. The molecule has 3 N–H and O–H groups in total. The summed E-state index contributed by atoms with van der Waals surface area (Å²) in [6.07, 6.45) is 1.46. The summed E-state index contributed by atoms with van der Waals surface area (Å²) in [5.41, 5.74) is 6.19. The smallest absolute Gasteiger partial charge is 0.263 e. The van der Waals surface area contributed by atoms with Crippen molar-refractivity contribution in [1.82, 2.24) is 4.57 Å². The number of rotatable bonds is 4. The van der Waals surface area contributed by atoms with Crippen LogP contribution in [0, 0.1) is 0 Å². The lowest BCUT2D eigenvalue weighted by atomic mass is 10.3. The molecule has 0 aliphatic carbocycles. The number of aromatic nitrogens is 1. The molecule has 2 rings (SSSR count). The second-order valence-corrected chi connectivity index (χ2v) is 6.84. The second kappa shape index (κ2) is 5.90. The third kappa shape index (κ3) is 3.45. The molecule has 0 unspecified atom stereocenters. The van der Waals surface area contributed by atoms with Gasteiger partial charge in [0.05, 0.1) is 5.69 Å². The molecule has 0 aliphatic rings. The lowest BCUT2D eigenvalue weighted by Gasteiger charge is -2.11. The summed E-state index contributed by atoms with van der Waals surface area (Å²) in [6, 6.07) is 7.18. The van der Waals surface area contributed by atoms with Gasteiger partial charge in [0.15, 0.2) is 0 Å². The van der Waals surface area contributed by atoms with Gasteiger partial charge >= 0.3 is 0 Å². The van der Waals surface area contributed by atoms with E-state index in [2.05, 4.69) is 20.7 Å². The highest BCUT2D eigenvalue weighted by Gasteiger charge is 2.18. The highest BCUT2D eigenvalue weighted by Crippen LogP contribution is 2.25. The summed E-state index contributed by atoms with van der Waals surface area (Å²) in [6.45, 7) is 2.26. The number of hydrogen-bond acceptors (Lipinski definition) is 4. The van der Waals surface area contributed by atoms with Gasteiger partial charge in [0, 0.05) is 29.0 Å². The van der Waals surface area contributed by atoms with Gasteiger partial charge < -0.3 is 10.3 Å². The molecule has 0 fully saturated rings. The number of sulfonamides is 1. The number of nitrogens with one attached hydrogen (secondary N) is 1. The van der Waals surface area contributed by atoms with Crippen LogP contribution in [0.1, 0.15) is 6.92 Å². The maximum Gasteiger partial charge on any atom is 0.263 e. The standard InChI is InChI=1S/C13H14BrN3O3S/c1-2-17-8-10(4-6-13(17)18)16-21(19,20)12-5-3-9(15)7-11(12)14/h3-8,16H,2,15H2,1H3. The summed E-state index contributed by atoms with van der Waals surface area (Å²) in [5, 5.41) is 0. The van der Waals surface area contributed by atoms with Gasteiger partial charge in [0.25, 0.3) is 15.6 Å². The Bertz CT molecular complexity index is 831. The minimum atomic E-state index is -3.77. The molecular weight excluding hydrogens is 358 g/mol. The molecule has 8 heteroatoms. The zero-order valence-corrected chi connectivity index (χ0v) is 13.6. The van der Waals surface area contributed by atoms with Crippen LogP contribution in [0.5, 0.6) is 0 Å². The fraction of sp³-hybridized carbons (Fsp3) is 0.154. The van der Waals surface area contributed by atoms with E-state index in [0.717, 1.165) is 0 Å². The Labute approximate surface area is 130 Å². The summed E-state index contributed by atoms with van der Waals surface area (Å²) >= 11 is 3.18. The molecule has 0 saturated carbocycles. The zero-order valence-electron chi connectivity index (χ0n) is 11.2. The van der Waals surface area contributed by atoms with E-state index in [1.54, 1.807) is 6.92 Å². The number of nitrogens with two attached hydrogens (primary N) is 1. The Hall–Kier alpha value is -1.80. The topological polar surface area (TPSA) is 94.2 Å². The largest absolute Gasteiger partial charge is 0.399 e. The van der Waals surface area contributed by atoms with Crippen molar-refractivity contribution in [3.63, 3.8) is 0 Å². The van der Waals surface area contributed by atoms with Crippen molar-refractivity contribution >= 4 is 37.3 Å². The average Bonchev–Trinajstić information content (AvgIpc) is 2.40. The SMILES string of the molecule is CCn1cc(NS(=O)(=O)c2ccc(N)cc2Br)ccc1=O. The van der Waals surface area contributed by atoms with Gasteiger partial charge in [-0.15, -0.1) is 0 Å². The van der Waals surface area contributed by atoms with Gasteiger partial charge in [-0.3, -0.25) is 9.52 Å². The fourth-order valence-electron chi connectivity index (χ4n) is 1.78. The molecule has 2 aromatic rings. The predicted octanol–water partition coefficient (Wildman–Crippen LogP) is 2.01. The number of aryl methyl sites for hydroxylation is 1. The molecule has 0 saturated heterocycles. The molecule has 0 bridgehead atoms. The van der Waals surface area contributed by atoms with Crippen molar-refractivity contribution in [2.75, 3.05) is 10.5 Å². The highest BCUT2D eigenvalue weighted by atomic mass is 79.9. The van der Waals surface area contributed by atoms with Crippen LogP contribution in [-0.4, -0.2) is 13.0 Å². The maximum atomic E-state index is 12.3. The summed E-state index contributed by atoms with van der Waals surface area (Å²) in [5.74, 6) is 0. The zero-order chi connectivity index (χ0) is 15.6. The molecule has 1 heterocycles. The number of hydrogen-bond donors (Lipinski definition) is 2. The van der Waals surface area contributed by atoms with Crippen molar-refractivity contribution in [2.24, 2.45) is 0 Å². The Balaban J connectivity index is 2.39. The molecule has 0 radical (unpaired) electrons. The second-order valence-electron chi connectivity index (χ2n) is 4.34. The first-order valence-electron chi connectivity index (χ1n) is 6.12. The van der Waals surface area contributed by atoms with Gasteiger partial charge in [0.1, 0.15) is 4.90 Å². The van der Waals surface area contributed by atoms with Crippen LogP contribution >= 0.6 is 15.9 Å². The van der Waals surface area contributed by atoms with Gasteiger partial charge in [-0.25, -0.2) is 8.42 Å². The average molecular weight is 372 g/mol. The fourth-order valence-corrected chi connectivity index (χ4v) is 3.92. The Morgan fingerprint density at radius 2 is 2.00 bits per heavy atom. The minimum Gasteiger partial charge on any atom is -0.399 e. The van der Waals surface area contributed by atoms with Gasteiger partial charge in [-0.1, -0.05) is 0 Å². The molecule has 6 nitrogen and oxygen atoms in total. The predicted molar refractivity (Wildman–Crippen MR) is 85.7 cm³/mol. The van der Waals surface area contributed by atoms with Crippen molar-refractivity contribution in [1.29, 1.82) is 0 Å². The van der Waals surface area contributed by atoms with Crippen molar-refractivity contribution < 1.29 is 8.42 Å².